The minimum absolute atomic E-state index is 0.0623. The van der Waals surface area contributed by atoms with Crippen LogP contribution < -0.4 is 0 Å². The SMILES string of the molecule is CC1=C(C)CN(CCCC(C)(C(=O)O)S(=O)(=O)c2ccccc2)CC1. The van der Waals surface area contributed by atoms with Crippen molar-refractivity contribution in [3.8, 4) is 0 Å². The molecule has 0 radical (unpaired) electrons. The molecule has 0 saturated carbocycles. The first kappa shape index (κ1) is 19.7. The Hall–Kier alpha value is -1.66. The second-order valence-electron chi connectivity index (χ2n) is 7.04. The van der Waals surface area contributed by atoms with Gasteiger partial charge in [0.2, 0.25) is 0 Å². The van der Waals surface area contributed by atoms with E-state index < -0.39 is 20.6 Å². The molecule has 6 heteroatoms. The lowest BCUT2D eigenvalue weighted by Gasteiger charge is -2.30. The van der Waals surface area contributed by atoms with E-state index in [1.807, 2.05) is 0 Å². The van der Waals surface area contributed by atoms with Crippen molar-refractivity contribution in [2.24, 2.45) is 0 Å². The van der Waals surface area contributed by atoms with Crippen molar-refractivity contribution >= 4 is 15.8 Å². The van der Waals surface area contributed by atoms with Gasteiger partial charge < -0.3 is 5.11 Å². The third-order valence-corrected chi connectivity index (χ3v) is 7.68. The van der Waals surface area contributed by atoms with Crippen LogP contribution in [0.15, 0.2) is 46.4 Å². The fourth-order valence-corrected chi connectivity index (χ4v) is 4.81. The van der Waals surface area contributed by atoms with Gasteiger partial charge >= 0.3 is 5.97 Å². The molecule has 1 N–H and O–H groups in total. The Bertz CT molecular complexity index is 755. The number of carbonyl (C=O) groups is 1. The zero-order valence-corrected chi connectivity index (χ0v) is 16.0. The molecule has 1 aromatic carbocycles. The Morgan fingerprint density at radius 1 is 1.20 bits per heavy atom. The second kappa shape index (κ2) is 7.70. The van der Waals surface area contributed by atoms with Crippen molar-refractivity contribution in [3.05, 3.63) is 41.5 Å². The van der Waals surface area contributed by atoms with Crippen LogP contribution in [0.2, 0.25) is 0 Å². The number of aliphatic carboxylic acids is 1. The van der Waals surface area contributed by atoms with E-state index in [0.29, 0.717) is 13.0 Å². The van der Waals surface area contributed by atoms with Gasteiger partial charge in [-0.05, 0) is 58.7 Å². The van der Waals surface area contributed by atoms with Crippen molar-refractivity contribution < 1.29 is 18.3 Å². The summed E-state index contributed by atoms with van der Waals surface area (Å²) >= 11 is 0. The first-order valence-corrected chi connectivity index (χ1v) is 10.1. The number of hydrogen-bond acceptors (Lipinski definition) is 4. The molecule has 0 bridgehead atoms. The summed E-state index contributed by atoms with van der Waals surface area (Å²) in [5, 5.41) is 9.64. The molecule has 2 rings (SSSR count). The van der Waals surface area contributed by atoms with Crippen molar-refractivity contribution in [2.75, 3.05) is 19.6 Å². The summed E-state index contributed by atoms with van der Waals surface area (Å²) in [6, 6.07) is 7.85. The highest BCUT2D eigenvalue weighted by Gasteiger charge is 2.46. The predicted octanol–water partition coefficient (Wildman–Crippen LogP) is 3.13. The Morgan fingerprint density at radius 2 is 1.84 bits per heavy atom. The fraction of sp³-hybridized carbons (Fsp3) is 0.526. The van der Waals surface area contributed by atoms with Crippen molar-refractivity contribution in [3.63, 3.8) is 0 Å². The highest BCUT2D eigenvalue weighted by atomic mass is 32.2. The molecule has 1 heterocycles. The van der Waals surface area contributed by atoms with Gasteiger partial charge in [0.15, 0.2) is 14.6 Å². The number of nitrogens with zero attached hydrogens (tertiary/aromatic N) is 1. The summed E-state index contributed by atoms with van der Waals surface area (Å²) in [4.78, 5) is 14.1. The number of carboxylic acids is 1. The smallest absolute Gasteiger partial charge is 0.325 e. The lowest BCUT2D eigenvalue weighted by Crippen LogP contribution is -2.44. The van der Waals surface area contributed by atoms with Crippen LogP contribution in [0, 0.1) is 0 Å². The van der Waals surface area contributed by atoms with Gasteiger partial charge in [-0.3, -0.25) is 9.69 Å². The number of sulfone groups is 1. The summed E-state index contributed by atoms with van der Waals surface area (Å²) in [7, 11) is -3.95. The van der Waals surface area contributed by atoms with Crippen LogP contribution in [0.5, 0.6) is 0 Å². The van der Waals surface area contributed by atoms with Gasteiger partial charge in [0.25, 0.3) is 0 Å². The van der Waals surface area contributed by atoms with Crippen LogP contribution >= 0.6 is 0 Å². The van der Waals surface area contributed by atoms with Crippen LogP contribution in [-0.2, 0) is 14.6 Å². The lowest BCUT2D eigenvalue weighted by atomic mass is 10.0. The number of benzene rings is 1. The Kier molecular flexibility index (Phi) is 6.06. The topological polar surface area (TPSA) is 74.7 Å². The molecule has 0 amide bonds. The molecular weight excluding hydrogens is 338 g/mol. The van der Waals surface area contributed by atoms with Crippen molar-refractivity contribution in [2.45, 2.75) is 49.7 Å². The highest BCUT2D eigenvalue weighted by molar-refractivity contribution is 7.93. The van der Waals surface area contributed by atoms with Gasteiger partial charge in [0.05, 0.1) is 4.90 Å². The minimum Gasteiger partial charge on any atom is -0.480 e. The molecule has 138 valence electrons. The summed E-state index contributed by atoms with van der Waals surface area (Å²) < 4.78 is 23.9. The van der Waals surface area contributed by atoms with E-state index in [1.165, 1.54) is 30.2 Å². The summed E-state index contributed by atoms with van der Waals surface area (Å²) in [6.07, 6.45) is 1.64. The maximum Gasteiger partial charge on any atom is 0.325 e. The maximum absolute atomic E-state index is 12.9. The molecule has 0 aromatic heterocycles. The van der Waals surface area contributed by atoms with Gasteiger partial charge in [0.1, 0.15) is 0 Å². The Labute approximate surface area is 150 Å². The maximum atomic E-state index is 12.9. The van der Waals surface area contributed by atoms with Gasteiger partial charge in [-0.25, -0.2) is 8.42 Å². The van der Waals surface area contributed by atoms with E-state index in [1.54, 1.807) is 18.2 Å². The first-order chi connectivity index (χ1) is 11.7. The molecule has 0 fully saturated rings. The Morgan fingerprint density at radius 3 is 2.40 bits per heavy atom. The Balaban J connectivity index is 2.09. The average molecular weight is 365 g/mol. The molecule has 0 spiro atoms. The zero-order valence-electron chi connectivity index (χ0n) is 15.2. The molecule has 25 heavy (non-hydrogen) atoms. The van der Waals surface area contributed by atoms with Gasteiger partial charge in [-0.2, -0.15) is 0 Å². The van der Waals surface area contributed by atoms with Crippen LogP contribution in [0.1, 0.15) is 40.0 Å². The summed E-state index contributed by atoms with van der Waals surface area (Å²) in [5.41, 5.74) is 2.77. The molecule has 5 nitrogen and oxygen atoms in total. The molecule has 0 aliphatic carbocycles. The largest absolute Gasteiger partial charge is 0.480 e. The highest BCUT2D eigenvalue weighted by Crippen LogP contribution is 2.30. The predicted molar refractivity (Wildman–Crippen MR) is 98.3 cm³/mol. The van der Waals surface area contributed by atoms with E-state index in [4.69, 9.17) is 0 Å². The summed E-state index contributed by atoms with van der Waals surface area (Å²) in [6.45, 7) is 8.10. The monoisotopic (exact) mass is 365 g/mol. The van der Waals surface area contributed by atoms with Crippen molar-refractivity contribution in [1.29, 1.82) is 0 Å². The molecule has 1 aliphatic rings. The molecule has 0 saturated heterocycles. The number of carboxylic acid groups (broad SMARTS) is 1. The third kappa shape index (κ3) is 4.12. The van der Waals surface area contributed by atoms with E-state index in [2.05, 4.69) is 18.7 Å². The zero-order chi connectivity index (χ0) is 18.7. The van der Waals surface area contributed by atoms with E-state index >= 15 is 0 Å². The van der Waals surface area contributed by atoms with E-state index in [0.717, 1.165) is 19.5 Å². The van der Waals surface area contributed by atoms with Gasteiger partial charge in [0, 0.05) is 13.1 Å². The number of hydrogen-bond donors (Lipinski definition) is 1. The normalized spacial score (nSPS) is 18.8. The molecular formula is C19H27NO4S. The van der Waals surface area contributed by atoms with Crippen LogP contribution in [-0.4, -0.2) is 48.8 Å². The minimum atomic E-state index is -3.95. The third-order valence-electron chi connectivity index (χ3n) is 5.22. The number of rotatable bonds is 7. The standard InChI is InChI=1S/C19H27NO4S/c1-15-10-13-20(14-16(15)2)12-7-11-19(3,18(21)22)25(23,24)17-8-5-4-6-9-17/h4-6,8-9H,7,10-14H2,1-3H3,(H,21,22). The van der Waals surface area contributed by atoms with Crippen LogP contribution in [0.4, 0.5) is 0 Å². The molecule has 1 aromatic rings. The molecule has 1 atom stereocenters. The first-order valence-electron chi connectivity index (χ1n) is 8.59. The molecule has 1 aliphatic heterocycles. The lowest BCUT2D eigenvalue weighted by molar-refractivity contribution is -0.139. The van der Waals surface area contributed by atoms with Crippen LogP contribution in [0.3, 0.4) is 0 Å². The van der Waals surface area contributed by atoms with E-state index in [-0.39, 0.29) is 11.3 Å². The van der Waals surface area contributed by atoms with E-state index in [9.17, 15) is 18.3 Å². The average Bonchev–Trinajstić information content (AvgIpc) is 2.58. The second-order valence-corrected chi connectivity index (χ2v) is 9.42. The quantitative estimate of drug-likeness (QED) is 0.752. The molecule has 1 unspecified atom stereocenters. The fourth-order valence-electron chi connectivity index (χ4n) is 3.14. The van der Waals surface area contributed by atoms with Gasteiger partial charge in [-0.15, -0.1) is 0 Å². The summed E-state index contributed by atoms with van der Waals surface area (Å²) in [5.74, 6) is -1.29. The van der Waals surface area contributed by atoms with Crippen LogP contribution in [0.25, 0.3) is 0 Å². The van der Waals surface area contributed by atoms with Crippen molar-refractivity contribution in [1.82, 2.24) is 4.90 Å². The van der Waals surface area contributed by atoms with Gasteiger partial charge in [-0.1, -0.05) is 29.3 Å².